The van der Waals surface area contributed by atoms with Crippen molar-refractivity contribution in [3.63, 3.8) is 0 Å². The largest absolute Gasteiger partial charge is 0.383 e. The van der Waals surface area contributed by atoms with Gasteiger partial charge in [-0.3, -0.25) is 0 Å². The first-order valence-corrected chi connectivity index (χ1v) is 7.73. The summed E-state index contributed by atoms with van der Waals surface area (Å²) in [5.74, 6) is 0.219. The van der Waals surface area contributed by atoms with Crippen molar-refractivity contribution in [1.29, 1.82) is 0 Å². The minimum absolute atomic E-state index is 0.0979. The van der Waals surface area contributed by atoms with Crippen LogP contribution in [-0.2, 0) is 14.8 Å². The highest BCUT2D eigenvalue weighted by atomic mass is 32.2. The highest BCUT2D eigenvalue weighted by Crippen LogP contribution is 2.09. The fourth-order valence-electron chi connectivity index (χ4n) is 1.81. The Hall–Kier alpha value is -0.170. The fourth-order valence-corrected chi connectivity index (χ4v) is 3.62. The van der Waals surface area contributed by atoms with E-state index >= 15 is 0 Å². The van der Waals surface area contributed by atoms with Crippen LogP contribution in [0.2, 0.25) is 0 Å². The molecule has 0 saturated heterocycles. The summed E-state index contributed by atoms with van der Waals surface area (Å²) in [6.07, 6.45) is 1.57. The number of sulfonamides is 1. The molecule has 0 fully saturated rings. The molecule has 0 bridgehead atoms. The number of hydrogen-bond donors (Lipinski definition) is 1. The van der Waals surface area contributed by atoms with Gasteiger partial charge in [0, 0.05) is 19.7 Å². The Morgan fingerprint density at radius 2 is 2.00 bits per heavy atom. The molecule has 0 heterocycles. The van der Waals surface area contributed by atoms with Crippen LogP contribution in [0.4, 0.5) is 0 Å². The van der Waals surface area contributed by atoms with E-state index in [1.807, 2.05) is 20.9 Å². The minimum atomic E-state index is -3.15. The van der Waals surface area contributed by atoms with Crippen LogP contribution in [0.3, 0.4) is 0 Å². The molecule has 0 amide bonds. The molecule has 0 aliphatic rings. The summed E-state index contributed by atoms with van der Waals surface area (Å²) in [6.45, 7) is 5.52. The van der Waals surface area contributed by atoms with Gasteiger partial charge in [0.2, 0.25) is 10.0 Å². The van der Waals surface area contributed by atoms with E-state index in [-0.39, 0.29) is 11.8 Å². The molecule has 5 nitrogen and oxygen atoms in total. The fraction of sp³-hybridized carbons (Fsp3) is 1.00. The van der Waals surface area contributed by atoms with Crippen LogP contribution in [0.25, 0.3) is 0 Å². The Kier molecular flexibility index (Phi) is 8.77. The lowest BCUT2D eigenvalue weighted by atomic mass is 10.3. The van der Waals surface area contributed by atoms with Gasteiger partial charge < -0.3 is 10.1 Å². The van der Waals surface area contributed by atoms with Gasteiger partial charge in [0.15, 0.2) is 0 Å². The van der Waals surface area contributed by atoms with Crippen molar-refractivity contribution in [2.24, 2.45) is 0 Å². The first-order valence-electron chi connectivity index (χ1n) is 6.12. The van der Waals surface area contributed by atoms with Gasteiger partial charge in [-0.2, -0.15) is 4.31 Å². The number of methoxy groups -OCH3 is 1. The van der Waals surface area contributed by atoms with Gasteiger partial charge in [-0.1, -0.05) is 6.92 Å². The lowest BCUT2D eigenvalue weighted by Gasteiger charge is -2.26. The standard InChI is InChI=1S/C11H26N2O3S/c1-5-13(11(2)10-16-4)17(14,15)9-7-6-8-12-3/h11-12H,5-10H2,1-4H3. The second-order valence-electron chi connectivity index (χ2n) is 4.13. The zero-order chi connectivity index (χ0) is 13.3. The summed E-state index contributed by atoms with van der Waals surface area (Å²) in [6, 6.07) is -0.0979. The third kappa shape index (κ3) is 6.35. The first kappa shape index (κ1) is 16.8. The number of ether oxygens (including phenoxy) is 1. The van der Waals surface area contributed by atoms with Crippen molar-refractivity contribution in [3.05, 3.63) is 0 Å². The molecule has 6 heteroatoms. The van der Waals surface area contributed by atoms with Gasteiger partial charge in [0.05, 0.1) is 12.4 Å². The lowest BCUT2D eigenvalue weighted by Crippen LogP contribution is -2.42. The van der Waals surface area contributed by atoms with Crippen LogP contribution in [0.5, 0.6) is 0 Å². The molecule has 0 radical (unpaired) electrons. The van der Waals surface area contributed by atoms with E-state index in [4.69, 9.17) is 4.74 Å². The Labute approximate surface area is 106 Å². The molecule has 0 aromatic carbocycles. The van der Waals surface area contributed by atoms with E-state index < -0.39 is 10.0 Å². The van der Waals surface area contributed by atoms with Gasteiger partial charge in [0.1, 0.15) is 0 Å². The van der Waals surface area contributed by atoms with Gasteiger partial charge in [-0.15, -0.1) is 0 Å². The first-order chi connectivity index (χ1) is 7.99. The summed E-state index contributed by atoms with van der Waals surface area (Å²) < 4.78 is 30.7. The highest BCUT2D eigenvalue weighted by Gasteiger charge is 2.24. The summed E-state index contributed by atoms with van der Waals surface area (Å²) in [5, 5.41) is 3.01. The van der Waals surface area contributed by atoms with Crippen LogP contribution in [-0.4, -0.2) is 58.4 Å². The Morgan fingerprint density at radius 1 is 1.35 bits per heavy atom. The molecule has 104 valence electrons. The second-order valence-corrected chi connectivity index (χ2v) is 6.18. The van der Waals surface area contributed by atoms with Crippen LogP contribution in [0.15, 0.2) is 0 Å². The molecule has 0 aromatic heterocycles. The smallest absolute Gasteiger partial charge is 0.214 e. The lowest BCUT2D eigenvalue weighted by molar-refractivity contribution is 0.142. The molecular formula is C11H26N2O3S. The zero-order valence-electron chi connectivity index (χ0n) is 11.4. The number of rotatable bonds is 10. The molecule has 0 aliphatic heterocycles. The van der Waals surface area contributed by atoms with E-state index in [0.717, 1.165) is 13.0 Å². The van der Waals surface area contributed by atoms with Gasteiger partial charge >= 0.3 is 0 Å². The second kappa shape index (κ2) is 8.85. The van der Waals surface area contributed by atoms with Crippen LogP contribution in [0.1, 0.15) is 26.7 Å². The predicted octanol–water partition coefficient (Wildman–Crippen LogP) is 0.673. The summed E-state index contributed by atoms with van der Waals surface area (Å²) in [7, 11) is 0.307. The van der Waals surface area contributed by atoms with Crippen molar-refractivity contribution in [3.8, 4) is 0 Å². The average molecular weight is 266 g/mol. The van der Waals surface area contributed by atoms with Crippen molar-refractivity contribution in [2.75, 3.05) is 39.6 Å². The van der Waals surface area contributed by atoms with E-state index in [0.29, 0.717) is 19.6 Å². The molecule has 0 aliphatic carbocycles. The number of unbranched alkanes of at least 4 members (excludes halogenated alkanes) is 1. The van der Waals surface area contributed by atoms with Crippen molar-refractivity contribution in [1.82, 2.24) is 9.62 Å². The van der Waals surface area contributed by atoms with E-state index in [1.54, 1.807) is 7.11 Å². The van der Waals surface area contributed by atoms with Crippen molar-refractivity contribution < 1.29 is 13.2 Å². The number of hydrogen-bond acceptors (Lipinski definition) is 4. The van der Waals surface area contributed by atoms with Crippen LogP contribution in [0, 0.1) is 0 Å². The van der Waals surface area contributed by atoms with Crippen molar-refractivity contribution >= 4 is 10.0 Å². The molecule has 1 unspecified atom stereocenters. The molecular weight excluding hydrogens is 240 g/mol. The average Bonchev–Trinajstić information content (AvgIpc) is 2.25. The van der Waals surface area contributed by atoms with E-state index in [2.05, 4.69) is 5.32 Å². The SMILES string of the molecule is CCN(C(C)COC)S(=O)(=O)CCCCNC. The molecule has 0 rings (SSSR count). The Morgan fingerprint density at radius 3 is 2.47 bits per heavy atom. The summed E-state index contributed by atoms with van der Waals surface area (Å²) in [4.78, 5) is 0. The zero-order valence-corrected chi connectivity index (χ0v) is 12.2. The third-order valence-corrected chi connectivity index (χ3v) is 4.78. The van der Waals surface area contributed by atoms with Gasteiger partial charge in [-0.05, 0) is 33.4 Å². The van der Waals surface area contributed by atoms with E-state index in [9.17, 15) is 8.42 Å². The maximum absolute atomic E-state index is 12.1. The van der Waals surface area contributed by atoms with Gasteiger partial charge in [-0.25, -0.2) is 8.42 Å². The maximum atomic E-state index is 12.1. The normalized spacial score (nSPS) is 14.2. The monoisotopic (exact) mass is 266 g/mol. The summed E-state index contributed by atoms with van der Waals surface area (Å²) in [5.41, 5.74) is 0. The highest BCUT2D eigenvalue weighted by molar-refractivity contribution is 7.89. The third-order valence-electron chi connectivity index (χ3n) is 2.65. The van der Waals surface area contributed by atoms with Crippen LogP contribution >= 0.6 is 0 Å². The quantitative estimate of drug-likeness (QED) is 0.591. The molecule has 1 atom stereocenters. The molecule has 0 aromatic rings. The number of likely N-dealkylation sites (N-methyl/N-ethyl adjacent to an activating group) is 1. The van der Waals surface area contributed by atoms with Gasteiger partial charge in [0.25, 0.3) is 0 Å². The summed E-state index contributed by atoms with van der Waals surface area (Å²) >= 11 is 0. The molecule has 0 spiro atoms. The minimum Gasteiger partial charge on any atom is -0.383 e. The van der Waals surface area contributed by atoms with E-state index in [1.165, 1.54) is 4.31 Å². The molecule has 1 N–H and O–H groups in total. The van der Waals surface area contributed by atoms with Crippen molar-refractivity contribution in [2.45, 2.75) is 32.7 Å². The number of nitrogens with zero attached hydrogens (tertiary/aromatic N) is 1. The molecule has 17 heavy (non-hydrogen) atoms. The number of nitrogens with one attached hydrogen (secondary N) is 1. The van der Waals surface area contributed by atoms with Crippen LogP contribution < -0.4 is 5.32 Å². The Balaban J connectivity index is 4.32. The Bertz CT molecular complexity index is 280. The topological polar surface area (TPSA) is 58.6 Å². The molecule has 0 saturated carbocycles. The predicted molar refractivity (Wildman–Crippen MR) is 70.7 cm³/mol. The maximum Gasteiger partial charge on any atom is 0.214 e.